The third-order valence-electron chi connectivity index (χ3n) is 9.28. The molecule has 1 aliphatic carbocycles. The minimum Gasteiger partial charge on any atom is -0.471 e. The highest BCUT2D eigenvalue weighted by molar-refractivity contribution is 7.13. The number of aromatic nitrogens is 2. The number of ether oxygens (including phenoxy) is 3. The normalized spacial score (nSPS) is 25.9. The van der Waals surface area contributed by atoms with Crippen LogP contribution >= 0.6 is 34.5 Å². The maximum atomic E-state index is 14.5. The number of hydrogen-bond donors (Lipinski definition) is 2. The summed E-state index contributed by atoms with van der Waals surface area (Å²) < 4.78 is 17.5. The number of allylic oxidation sites excluding steroid dienone is 1. The highest BCUT2D eigenvalue weighted by Gasteiger charge is 2.62. The van der Waals surface area contributed by atoms with Gasteiger partial charge in [0.15, 0.2) is 0 Å². The number of nitrogens with one attached hydrogen (secondary N) is 2. The largest absolute Gasteiger partial charge is 0.471 e. The third kappa shape index (κ3) is 8.47. The van der Waals surface area contributed by atoms with Crippen LogP contribution in [-0.4, -0.2) is 81.2 Å². The number of hydrogen-bond acceptors (Lipinski definition) is 10. The van der Waals surface area contributed by atoms with Crippen LogP contribution in [0.5, 0.6) is 5.88 Å². The van der Waals surface area contributed by atoms with Crippen molar-refractivity contribution in [3.05, 3.63) is 51.8 Å². The van der Waals surface area contributed by atoms with E-state index in [1.165, 1.54) is 16.2 Å². The first kappa shape index (κ1) is 37.8. The first-order valence-corrected chi connectivity index (χ1v) is 19.2. The van der Waals surface area contributed by atoms with Gasteiger partial charge in [0.05, 0.1) is 39.1 Å². The lowest BCUT2D eigenvalue weighted by atomic mass is 10.0. The van der Waals surface area contributed by atoms with Crippen LogP contribution in [0, 0.1) is 5.92 Å². The van der Waals surface area contributed by atoms with Gasteiger partial charge >= 0.3 is 12.1 Å². The number of nitrogens with zero attached hydrogens (tertiary/aromatic N) is 3. The molecule has 52 heavy (non-hydrogen) atoms. The average molecular weight is 773 g/mol. The molecule has 1 saturated heterocycles. The fraction of sp³-hybridized carbons (Fsp3) is 0.514. The molecule has 3 amide bonds. The Hall–Kier alpha value is -3.94. The second kappa shape index (κ2) is 15.6. The number of amides is 3. The van der Waals surface area contributed by atoms with Crippen LogP contribution < -0.4 is 15.4 Å². The van der Waals surface area contributed by atoms with Crippen LogP contribution in [0.2, 0.25) is 10.0 Å². The number of fused-ring (bicyclic) bond motifs is 3. The second-order valence-corrected chi connectivity index (χ2v) is 16.1. The Kier molecular flexibility index (Phi) is 11.3. The zero-order chi connectivity index (χ0) is 37.2. The van der Waals surface area contributed by atoms with Crippen LogP contribution in [0.25, 0.3) is 21.6 Å². The van der Waals surface area contributed by atoms with E-state index >= 15 is 0 Å². The van der Waals surface area contributed by atoms with Gasteiger partial charge in [0, 0.05) is 12.3 Å². The number of carbonyl (C=O) groups is 4. The van der Waals surface area contributed by atoms with Gasteiger partial charge in [-0.25, -0.2) is 19.6 Å². The minimum atomic E-state index is -1.23. The van der Waals surface area contributed by atoms with Crippen molar-refractivity contribution in [2.45, 2.75) is 102 Å². The second-order valence-electron chi connectivity index (χ2n) is 14.3. The van der Waals surface area contributed by atoms with Crippen LogP contribution in [0.4, 0.5) is 4.79 Å². The summed E-state index contributed by atoms with van der Waals surface area (Å²) in [7, 11) is 0. The number of carbonyl (C=O) groups excluding carboxylic acids is 4. The van der Waals surface area contributed by atoms with E-state index < -0.39 is 53.2 Å². The highest BCUT2D eigenvalue weighted by atomic mass is 35.5. The molecule has 0 bridgehead atoms. The Bertz CT molecular complexity index is 1870. The fourth-order valence-corrected chi connectivity index (χ4v) is 7.71. The predicted molar refractivity (Wildman–Crippen MR) is 198 cm³/mol. The van der Waals surface area contributed by atoms with Gasteiger partial charge in [0.1, 0.15) is 35.0 Å². The van der Waals surface area contributed by atoms with Crippen LogP contribution in [0.15, 0.2) is 41.8 Å². The molecular formula is C37H43Cl2N5O7S. The van der Waals surface area contributed by atoms with Crippen molar-refractivity contribution in [3.8, 4) is 16.5 Å². The zero-order valence-electron chi connectivity index (χ0n) is 29.6. The summed E-state index contributed by atoms with van der Waals surface area (Å²) in [6.07, 6.45) is 6.48. The number of esters is 1. The summed E-state index contributed by atoms with van der Waals surface area (Å²) in [4.78, 5) is 66.8. The van der Waals surface area contributed by atoms with E-state index in [-0.39, 0.29) is 31.4 Å². The van der Waals surface area contributed by atoms with Crippen molar-refractivity contribution < 1.29 is 33.4 Å². The molecule has 1 unspecified atom stereocenters. The van der Waals surface area contributed by atoms with Gasteiger partial charge in [-0.3, -0.25) is 9.59 Å². The van der Waals surface area contributed by atoms with Crippen molar-refractivity contribution in [2.75, 3.05) is 13.2 Å². The number of alkyl carbamates (subject to hydrolysis) is 1. The van der Waals surface area contributed by atoms with Crippen molar-refractivity contribution >= 4 is 69.4 Å². The first-order valence-electron chi connectivity index (χ1n) is 17.6. The monoisotopic (exact) mass is 771 g/mol. The van der Waals surface area contributed by atoms with E-state index in [1.54, 1.807) is 39.8 Å². The molecule has 5 atom stereocenters. The lowest BCUT2D eigenvalue weighted by molar-refractivity contribution is -0.150. The van der Waals surface area contributed by atoms with Gasteiger partial charge in [-0.2, -0.15) is 0 Å². The van der Waals surface area contributed by atoms with Gasteiger partial charge < -0.3 is 29.7 Å². The van der Waals surface area contributed by atoms with Crippen molar-refractivity contribution in [1.82, 2.24) is 25.5 Å². The highest BCUT2D eigenvalue weighted by Crippen LogP contribution is 2.46. The molecule has 3 aromatic rings. The molecule has 278 valence electrons. The van der Waals surface area contributed by atoms with Gasteiger partial charge in [0.2, 0.25) is 17.7 Å². The summed E-state index contributed by atoms with van der Waals surface area (Å²) in [5.41, 5.74) is -0.570. The summed E-state index contributed by atoms with van der Waals surface area (Å²) in [5, 5.41) is 8.29. The van der Waals surface area contributed by atoms with E-state index in [9.17, 15) is 19.2 Å². The molecule has 0 radical (unpaired) electrons. The molecule has 2 aromatic heterocycles. The molecule has 2 N–H and O–H groups in total. The van der Waals surface area contributed by atoms with E-state index in [2.05, 4.69) is 10.6 Å². The molecule has 0 spiro atoms. The third-order valence-corrected chi connectivity index (χ3v) is 10.9. The Morgan fingerprint density at radius 3 is 2.56 bits per heavy atom. The van der Waals surface area contributed by atoms with Crippen LogP contribution in [0.1, 0.15) is 72.6 Å². The standard InChI is InChI=1S/C37H43Cl2N5O7S/c1-5-49-34(47)37-19-21(37)12-9-7-6-8-10-13-25(42-35(48)51-36(2,3)4)33(46)44-20-22(16-28(44)31(45)43-37)50-32-30(29-14-11-15-52-29)40-26-17-23(38)24(39)18-27(26)41-32/h9,11-12,14-15,17-18,21-22,25,28H,5-8,10,13,16,19-20H2,1-4H3,(H,42,48)(H,43,45)/b12-9-/t21-,22?,25+,28+,37-/m1/s1. The molecule has 2 fully saturated rings. The molecule has 2 aliphatic heterocycles. The van der Waals surface area contributed by atoms with E-state index in [0.29, 0.717) is 46.0 Å². The Morgan fingerprint density at radius 2 is 1.87 bits per heavy atom. The quantitative estimate of drug-likeness (QED) is 0.202. The predicted octanol–water partition coefficient (Wildman–Crippen LogP) is 6.87. The molecule has 6 rings (SSSR count). The number of rotatable bonds is 6. The molecule has 1 aromatic carbocycles. The van der Waals surface area contributed by atoms with Crippen molar-refractivity contribution in [1.29, 1.82) is 0 Å². The topological polar surface area (TPSA) is 149 Å². The van der Waals surface area contributed by atoms with Gasteiger partial charge in [0.25, 0.3) is 0 Å². The molecule has 4 heterocycles. The smallest absolute Gasteiger partial charge is 0.408 e. The lowest BCUT2D eigenvalue weighted by Crippen LogP contribution is -2.56. The van der Waals surface area contributed by atoms with Crippen molar-refractivity contribution in [2.24, 2.45) is 5.92 Å². The molecule has 15 heteroatoms. The summed E-state index contributed by atoms with van der Waals surface area (Å²) in [5.74, 6) is -1.51. The van der Waals surface area contributed by atoms with E-state index in [1.807, 2.05) is 29.7 Å². The van der Waals surface area contributed by atoms with E-state index in [0.717, 1.165) is 24.1 Å². The van der Waals surface area contributed by atoms with Gasteiger partial charge in [-0.05, 0) is 77.0 Å². The number of halogens is 2. The van der Waals surface area contributed by atoms with Crippen LogP contribution in [-0.2, 0) is 23.9 Å². The maximum absolute atomic E-state index is 14.5. The van der Waals surface area contributed by atoms with Gasteiger partial charge in [-0.1, -0.05) is 54.3 Å². The molecule has 1 saturated carbocycles. The number of thiophene rings is 1. The van der Waals surface area contributed by atoms with Crippen LogP contribution in [0.3, 0.4) is 0 Å². The van der Waals surface area contributed by atoms with E-state index in [4.69, 9.17) is 47.4 Å². The molecule has 12 nitrogen and oxygen atoms in total. The molecular weight excluding hydrogens is 729 g/mol. The zero-order valence-corrected chi connectivity index (χ0v) is 31.9. The maximum Gasteiger partial charge on any atom is 0.408 e. The summed E-state index contributed by atoms with van der Waals surface area (Å²) >= 11 is 14.1. The summed E-state index contributed by atoms with van der Waals surface area (Å²) in [6.45, 7) is 7.11. The Morgan fingerprint density at radius 1 is 1.12 bits per heavy atom. The molecule has 3 aliphatic rings. The lowest BCUT2D eigenvalue weighted by Gasteiger charge is -2.30. The minimum absolute atomic E-state index is 0.00410. The first-order chi connectivity index (χ1) is 24.8. The fourth-order valence-electron chi connectivity index (χ4n) is 6.69. The van der Waals surface area contributed by atoms with Gasteiger partial charge in [-0.15, -0.1) is 11.3 Å². The SMILES string of the molecule is CCOC(=O)[C@@]12C[C@H]1/C=C\CCCCC[C@H](NC(=O)OC(C)(C)C)C(=O)N1CC(Oc3nc4cc(Cl)c(Cl)cc4nc3-c3cccs3)C[C@H]1C(=O)N2. The summed E-state index contributed by atoms with van der Waals surface area (Å²) in [6, 6.07) is 5.02. The van der Waals surface area contributed by atoms with Crippen molar-refractivity contribution in [3.63, 3.8) is 0 Å². The Balaban J connectivity index is 1.35. The average Bonchev–Trinajstić information content (AvgIpc) is 3.38. The Labute approximate surface area is 316 Å². The number of benzene rings is 1.